The van der Waals surface area contributed by atoms with Crippen LogP contribution in [0.3, 0.4) is 0 Å². The van der Waals surface area contributed by atoms with Crippen molar-refractivity contribution in [2.24, 2.45) is 0 Å². The van der Waals surface area contributed by atoms with E-state index in [4.69, 9.17) is 23.2 Å². The third-order valence-corrected chi connectivity index (χ3v) is 4.02. The highest BCUT2D eigenvalue weighted by molar-refractivity contribution is 9.09. The molecule has 1 aliphatic carbocycles. The highest BCUT2D eigenvalue weighted by Gasteiger charge is 2.32. The molecule has 1 aliphatic rings. The van der Waals surface area contributed by atoms with Crippen molar-refractivity contribution in [3.05, 3.63) is 22.3 Å². The molecule has 0 unspecified atom stereocenters. The summed E-state index contributed by atoms with van der Waals surface area (Å²) in [7, 11) is 0. The van der Waals surface area contributed by atoms with Gasteiger partial charge in [0.25, 0.3) is 0 Å². The first-order valence-corrected chi connectivity index (χ1v) is 7.70. The lowest BCUT2D eigenvalue weighted by atomic mass is 9.87. The fourth-order valence-electron chi connectivity index (χ4n) is 1.48. The lowest BCUT2D eigenvalue weighted by molar-refractivity contribution is -0.116. The molecule has 0 saturated carbocycles. The molecule has 0 heterocycles. The van der Waals surface area contributed by atoms with E-state index >= 15 is 0 Å². The zero-order chi connectivity index (χ0) is 12.3. The second-order valence-electron chi connectivity index (χ2n) is 3.11. The van der Waals surface area contributed by atoms with Gasteiger partial charge in [0.2, 0.25) is 0 Å². The van der Waals surface area contributed by atoms with Gasteiger partial charge in [-0.15, -0.1) is 23.2 Å². The number of alkyl halides is 4. The Morgan fingerprint density at radius 2 is 1.06 bits per heavy atom. The molecule has 0 saturated heterocycles. The summed E-state index contributed by atoms with van der Waals surface area (Å²) in [6, 6.07) is 0. The third kappa shape index (κ3) is 2.45. The normalized spacial score (nSPS) is 17.5. The van der Waals surface area contributed by atoms with Crippen molar-refractivity contribution in [2.45, 2.75) is 0 Å². The largest absolute Gasteiger partial charge is 0.289 e. The van der Waals surface area contributed by atoms with Crippen molar-refractivity contribution in [2.75, 3.05) is 22.4 Å². The monoisotopic (exact) mass is 388 g/mol. The SMILES string of the molecule is O=C1C(CCl)=C(CCl)C(=O)C(CBr)=C1CBr. The predicted molar refractivity (Wildman–Crippen MR) is 73.1 cm³/mol. The van der Waals surface area contributed by atoms with Gasteiger partial charge in [0.05, 0.1) is 11.8 Å². The van der Waals surface area contributed by atoms with E-state index in [1.54, 1.807) is 0 Å². The van der Waals surface area contributed by atoms with Crippen molar-refractivity contribution in [1.29, 1.82) is 0 Å². The molecule has 2 nitrogen and oxygen atoms in total. The maximum Gasteiger partial charge on any atom is 0.187 e. The summed E-state index contributed by atoms with van der Waals surface area (Å²) in [5.74, 6) is -0.342. The Kier molecular flexibility index (Phi) is 5.71. The quantitative estimate of drug-likeness (QED) is 0.546. The molecule has 1 rings (SSSR count). The first-order chi connectivity index (χ1) is 7.62. The van der Waals surface area contributed by atoms with Crippen molar-refractivity contribution >= 4 is 66.6 Å². The minimum Gasteiger partial charge on any atom is -0.289 e. The summed E-state index contributed by atoms with van der Waals surface area (Å²) >= 11 is 17.8. The van der Waals surface area contributed by atoms with E-state index in [0.717, 1.165) is 0 Å². The van der Waals surface area contributed by atoms with E-state index in [2.05, 4.69) is 31.9 Å². The Hall–Kier alpha value is 0.360. The molecule has 0 spiro atoms. The van der Waals surface area contributed by atoms with Gasteiger partial charge in [0.15, 0.2) is 11.6 Å². The molecule has 0 aromatic rings. The molecule has 0 radical (unpaired) electrons. The number of Topliss-reactive ketones (excluding diaryl/α,β-unsaturated/α-hetero) is 2. The fraction of sp³-hybridized carbons (Fsp3) is 0.400. The van der Waals surface area contributed by atoms with Crippen LogP contribution in [0.2, 0.25) is 0 Å². The smallest absolute Gasteiger partial charge is 0.187 e. The van der Waals surface area contributed by atoms with Gasteiger partial charge in [-0.1, -0.05) is 31.9 Å². The molecular formula is C10H8Br2Cl2O2. The summed E-state index contributed by atoms with van der Waals surface area (Å²) in [6.45, 7) is 0. The van der Waals surface area contributed by atoms with Crippen molar-refractivity contribution in [3.63, 3.8) is 0 Å². The molecular weight excluding hydrogens is 383 g/mol. The van der Waals surface area contributed by atoms with E-state index in [9.17, 15) is 9.59 Å². The Balaban J connectivity index is 3.35. The van der Waals surface area contributed by atoms with Crippen LogP contribution in [0.4, 0.5) is 0 Å². The van der Waals surface area contributed by atoms with E-state index in [0.29, 0.717) is 33.0 Å². The zero-order valence-electron chi connectivity index (χ0n) is 8.16. The molecule has 0 bridgehead atoms. The summed E-state index contributed by atoms with van der Waals surface area (Å²) < 4.78 is 0. The first-order valence-electron chi connectivity index (χ1n) is 4.39. The predicted octanol–water partition coefficient (Wildman–Crippen LogP) is 3.00. The van der Waals surface area contributed by atoms with Crippen LogP contribution in [0.15, 0.2) is 22.3 Å². The molecule has 0 aromatic carbocycles. The second-order valence-corrected chi connectivity index (χ2v) is 4.76. The van der Waals surface area contributed by atoms with Gasteiger partial charge < -0.3 is 0 Å². The minimum atomic E-state index is -0.184. The van der Waals surface area contributed by atoms with Gasteiger partial charge in [-0.05, 0) is 0 Å². The van der Waals surface area contributed by atoms with Gasteiger partial charge in [-0.3, -0.25) is 9.59 Å². The number of hydrogen-bond acceptors (Lipinski definition) is 2. The summed E-state index contributed by atoms with van der Waals surface area (Å²) in [6.07, 6.45) is 0. The second kappa shape index (κ2) is 6.34. The Morgan fingerprint density at radius 1 is 0.750 bits per heavy atom. The standard InChI is InChI=1S/C10H8Br2Cl2O2/c11-1-5-6(2-12)10(16)8(4-14)7(3-13)9(5)15/h1-4H2. The lowest BCUT2D eigenvalue weighted by Gasteiger charge is -2.20. The van der Waals surface area contributed by atoms with Crippen LogP contribution in [-0.4, -0.2) is 34.0 Å². The van der Waals surface area contributed by atoms with E-state index in [-0.39, 0.29) is 23.3 Å². The molecule has 0 fully saturated rings. The van der Waals surface area contributed by atoms with Crippen LogP contribution in [0.25, 0.3) is 0 Å². The van der Waals surface area contributed by atoms with Crippen LogP contribution in [0.1, 0.15) is 0 Å². The molecule has 16 heavy (non-hydrogen) atoms. The van der Waals surface area contributed by atoms with E-state index < -0.39 is 0 Å². The maximum absolute atomic E-state index is 12.0. The molecule has 0 amide bonds. The first kappa shape index (κ1) is 14.4. The Bertz CT molecular complexity index is 330. The van der Waals surface area contributed by atoms with Gasteiger partial charge in [0.1, 0.15) is 0 Å². The van der Waals surface area contributed by atoms with Gasteiger partial charge in [-0.2, -0.15) is 0 Å². The average Bonchev–Trinajstić information content (AvgIpc) is 2.30. The van der Waals surface area contributed by atoms with Crippen molar-refractivity contribution in [3.8, 4) is 0 Å². The van der Waals surface area contributed by atoms with Crippen molar-refractivity contribution < 1.29 is 9.59 Å². The maximum atomic E-state index is 12.0. The van der Waals surface area contributed by atoms with E-state index in [1.807, 2.05) is 0 Å². The zero-order valence-corrected chi connectivity index (χ0v) is 12.8. The van der Waals surface area contributed by atoms with Crippen LogP contribution in [0, 0.1) is 0 Å². The highest BCUT2D eigenvalue weighted by Crippen LogP contribution is 2.28. The van der Waals surface area contributed by atoms with Crippen LogP contribution >= 0.6 is 55.1 Å². The number of ketones is 2. The highest BCUT2D eigenvalue weighted by atomic mass is 79.9. The Labute approximate surface area is 120 Å². The molecule has 0 N–H and O–H groups in total. The topological polar surface area (TPSA) is 34.1 Å². The lowest BCUT2D eigenvalue weighted by Crippen LogP contribution is -2.27. The fourth-order valence-corrected chi connectivity index (χ4v) is 3.23. The number of carbonyl (C=O) groups is 2. The average molecular weight is 391 g/mol. The number of hydrogen-bond donors (Lipinski definition) is 0. The minimum absolute atomic E-state index is 0.0126. The molecule has 6 heteroatoms. The molecule has 0 aliphatic heterocycles. The third-order valence-electron chi connectivity index (χ3n) is 2.36. The van der Waals surface area contributed by atoms with Crippen LogP contribution in [-0.2, 0) is 9.59 Å². The molecule has 0 atom stereocenters. The summed E-state index contributed by atoms with van der Waals surface area (Å²) in [4.78, 5) is 24.0. The molecule has 88 valence electrons. The Morgan fingerprint density at radius 3 is 1.25 bits per heavy atom. The van der Waals surface area contributed by atoms with Gasteiger partial charge in [-0.25, -0.2) is 0 Å². The van der Waals surface area contributed by atoms with Crippen LogP contribution in [0.5, 0.6) is 0 Å². The van der Waals surface area contributed by atoms with Gasteiger partial charge in [0, 0.05) is 33.0 Å². The number of carbonyl (C=O) groups excluding carboxylic acids is 2. The van der Waals surface area contributed by atoms with Crippen molar-refractivity contribution in [1.82, 2.24) is 0 Å². The van der Waals surface area contributed by atoms with Crippen LogP contribution < -0.4 is 0 Å². The number of allylic oxidation sites excluding steroid dienone is 4. The van der Waals surface area contributed by atoms with Gasteiger partial charge >= 0.3 is 0 Å². The number of halogens is 4. The summed E-state index contributed by atoms with van der Waals surface area (Å²) in [5, 5.41) is 0.683. The summed E-state index contributed by atoms with van der Waals surface area (Å²) in [5.41, 5.74) is 1.57. The van der Waals surface area contributed by atoms with E-state index in [1.165, 1.54) is 0 Å². The molecule has 0 aromatic heterocycles. The number of rotatable bonds is 4.